The summed E-state index contributed by atoms with van der Waals surface area (Å²) < 4.78 is 2.03. The van der Waals surface area contributed by atoms with E-state index < -0.39 is 0 Å². The molecule has 4 heteroatoms. The second-order valence-corrected chi connectivity index (χ2v) is 7.87. The van der Waals surface area contributed by atoms with Gasteiger partial charge in [-0.25, -0.2) is 4.98 Å². The average Bonchev–Trinajstić information content (AvgIpc) is 3.27. The number of aryl methyl sites for hydroxylation is 1. The van der Waals surface area contributed by atoms with Gasteiger partial charge in [0, 0.05) is 23.6 Å². The molecule has 32 heavy (non-hydrogen) atoms. The van der Waals surface area contributed by atoms with Gasteiger partial charge in [0.05, 0.1) is 11.6 Å². The number of anilines is 1. The van der Waals surface area contributed by atoms with E-state index in [2.05, 4.69) is 18.3 Å². The second kappa shape index (κ2) is 8.52. The van der Waals surface area contributed by atoms with Crippen LogP contribution in [0.15, 0.2) is 109 Å². The lowest BCUT2D eigenvalue weighted by atomic mass is 9.90. The second-order valence-electron chi connectivity index (χ2n) is 7.87. The van der Waals surface area contributed by atoms with Gasteiger partial charge in [-0.3, -0.25) is 4.79 Å². The van der Waals surface area contributed by atoms with Crippen molar-refractivity contribution in [2.75, 3.05) is 5.32 Å². The number of fused-ring (bicyclic) bond motifs is 1. The highest BCUT2D eigenvalue weighted by Gasteiger charge is 2.22. The molecule has 0 aliphatic heterocycles. The molecular formula is C28H23N3O. The first-order valence-corrected chi connectivity index (χ1v) is 10.6. The number of hydrogen-bond acceptors (Lipinski definition) is 2. The van der Waals surface area contributed by atoms with Crippen LogP contribution >= 0.6 is 0 Å². The number of rotatable bonds is 5. The fourth-order valence-electron chi connectivity index (χ4n) is 4.02. The Kier molecular flexibility index (Phi) is 5.26. The van der Waals surface area contributed by atoms with Crippen LogP contribution < -0.4 is 5.32 Å². The molecule has 5 rings (SSSR count). The first-order chi connectivity index (χ1) is 15.7. The Morgan fingerprint density at radius 2 is 1.44 bits per heavy atom. The molecule has 5 aromatic rings. The molecule has 0 fully saturated rings. The van der Waals surface area contributed by atoms with Crippen molar-refractivity contribution in [2.24, 2.45) is 0 Å². The minimum Gasteiger partial charge on any atom is -0.325 e. The Morgan fingerprint density at radius 3 is 2.03 bits per heavy atom. The molecule has 4 nitrogen and oxygen atoms in total. The van der Waals surface area contributed by atoms with E-state index in [0.29, 0.717) is 0 Å². The van der Waals surface area contributed by atoms with Crippen LogP contribution in [0, 0.1) is 6.92 Å². The van der Waals surface area contributed by atoms with Crippen LogP contribution in [0.5, 0.6) is 0 Å². The lowest BCUT2D eigenvalue weighted by Crippen LogP contribution is -2.22. The number of nitrogens with zero attached hydrogens (tertiary/aromatic N) is 2. The van der Waals surface area contributed by atoms with E-state index in [0.717, 1.165) is 39.3 Å². The molecule has 0 saturated heterocycles. The third-order valence-electron chi connectivity index (χ3n) is 5.65. The first kappa shape index (κ1) is 19.8. The van der Waals surface area contributed by atoms with Crippen LogP contribution in [0.4, 0.5) is 5.69 Å². The number of pyridine rings is 1. The summed E-state index contributed by atoms with van der Waals surface area (Å²) in [6.07, 6.45) is 4.03. The number of hydrogen-bond donors (Lipinski definition) is 1. The molecule has 2 heterocycles. The fraction of sp³-hybridized carbons (Fsp3) is 0.0714. The van der Waals surface area contributed by atoms with Crippen molar-refractivity contribution in [2.45, 2.75) is 12.8 Å². The molecule has 0 radical (unpaired) electrons. The van der Waals surface area contributed by atoms with Crippen LogP contribution in [0.2, 0.25) is 0 Å². The summed E-state index contributed by atoms with van der Waals surface area (Å²) in [4.78, 5) is 18.1. The minimum absolute atomic E-state index is 0.0569. The van der Waals surface area contributed by atoms with Gasteiger partial charge < -0.3 is 9.72 Å². The van der Waals surface area contributed by atoms with Crippen LogP contribution in [0.25, 0.3) is 16.9 Å². The number of carbonyl (C=O) groups excluding carboxylic acids is 1. The molecule has 1 N–H and O–H groups in total. The zero-order valence-corrected chi connectivity index (χ0v) is 17.8. The Morgan fingerprint density at radius 1 is 0.812 bits per heavy atom. The molecule has 0 aliphatic carbocycles. The molecule has 0 bridgehead atoms. The summed E-state index contributed by atoms with van der Waals surface area (Å²) in [5.41, 5.74) is 6.69. The van der Waals surface area contributed by atoms with Crippen molar-refractivity contribution in [3.8, 4) is 11.3 Å². The summed E-state index contributed by atoms with van der Waals surface area (Å²) in [7, 11) is 0. The van der Waals surface area contributed by atoms with Gasteiger partial charge in [-0.05, 0) is 41.8 Å². The summed E-state index contributed by atoms with van der Waals surface area (Å²) in [6, 6.07) is 31.7. The van der Waals surface area contributed by atoms with Crippen molar-refractivity contribution in [3.05, 3.63) is 126 Å². The maximum Gasteiger partial charge on any atom is 0.236 e. The summed E-state index contributed by atoms with van der Waals surface area (Å²) in [5.74, 6) is -0.433. The largest absolute Gasteiger partial charge is 0.325 e. The number of imidazole rings is 1. The zero-order chi connectivity index (χ0) is 21.9. The minimum atomic E-state index is -0.376. The fourth-order valence-corrected chi connectivity index (χ4v) is 4.02. The predicted molar refractivity (Wildman–Crippen MR) is 129 cm³/mol. The summed E-state index contributed by atoms with van der Waals surface area (Å²) in [6.45, 7) is 2.06. The van der Waals surface area contributed by atoms with E-state index in [4.69, 9.17) is 4.98 Å². The Balaban J connectivity index is 1.40. The van der Waals surface area contributed by atoms with E-state index >= 15 is 0 Å². The number of nitrogens with one attached hydrogen (secondary N) is 1. The van der Waals surface area contributed by atoms with Crippen LogP contribution in [-0.4, -0.2) is 15.3 Å². The number of carbonyl (C=O) groups is 1. The molecule has 156 valence electrons. The number of benzene rings is 3. The van der Waals surface area contributed by atoms with Gasteiger partial charge in [-0.2, -0.15) is 0 Å². The highest BCUT2D eigenvalue weighted by atomic mass is 16.1. The maximum absolute atomic E-state index is 13.3. The third kappa shape index (κ3) is 3.91. The molecule has 1 amide bonds. The molecule has 0 atom stereocenters. The Bertz CT molecular complexity index is 1320. The maximum atomic E-state index is 13.3. The van der Waals surface area contributed by atoms with Gasteiger partial charge in [-0.1, -0.05) is 78.9 Å². The lowest BCUT2D eigenvalue weighted by molar-refractivity contribution is -0.116. The number of aromatic nitrogens is 2. The van der Waals surface area contributed by atoms with Crippen molar-refractivity contribution in [3.63, 3.8) is 0 Å². The smallest absolute Gasteiger partial charge is 0.236 e. The average molecular weight is 418 g/mol. The molecule has 0 saturated carbocycles. The molecule has 0 spiro atoms. The quantitative estimate of drug-likeness (QED) is 0.377. The van der Waals surface area contributed by atoms with E-state index in [1.807, 2.05) is 108 Å². The van der Waals surface area contributed by atoms with Gasteiger partial charge in [0.1, 0.15) is 5.65 Å². The molecule has 0 unspecified atom stereocenters. The standard InChI is InChI=1S/C28H23N3O/c1-20-9-8-18-31-19-25(30-27(20)31)21-14-16-24(17-15-21)29-28(32)26(22-10-4-2-5-11-22)23-12-6-3-7-13-23/h2-19,26H,1H3,(H,29,32). The van der Waals surface area contributed by atoms with Crippen LogP contribution in [-0.2, 0) is 4.79 Å². The van der Waals surface area contributed by atoms with E-state index in [-0.39, 0.29) is 11.8 Å². The SMILES string of the molecule is Cc1cccn2cc(-c3ccc(NC(=O)C(c4ccccc4)c4ccccc4)cc3)nc12. The van der Waals surface area contributed by atoms with Crippen molar-refractivity contribution in [1.29, 1.82) is 0 Å². The van der Waals surface area contributed by atoms with Crippen LogP contribution in [0.3, 0.4) is 0 Å². The van der Waals surface area contributed by atoms with Gasteiger partial charge >= 0.3 is 0 Å². The zero-order valence-electron chi connectivity index (χ0n) is 17.8. The third-order valence-corrected chi connectivity index (χ3v) is 5.65. The predicted octanol–water partition coefficient (Wildman–Crippen LogP) is 6.08. The van der Waals surface area contributed by atoms with E-state index in [1.54, 1.807) is 0 Å². The summed E-state index contributed by atoms with van der Waals surface area (Å²) in [5, 5.41) is 3.09. The van der Waals surface area contributed by atoms with Gasteiger partial charge in [-0.15, -0.1) is 0 Å². The summed E-state index contributed by atoms with van der Waals surface area (Å²) >= 11 is 0. The molecule has 0 aliphatic rings. The molecule has 2 aromatic heterocycles. The van der Waals surface area contributed by atoms with Gasteiger partial charge in [0.2, 0.25) is 5.91 Å². The molecular weight excluding hydrogens is 394 g/mol. The van der Waals surface area contributed by atoms with Crippen molar-refractivity contribution >= 4 is 17.2 Å². The first-order valence-electron chi connectivity index (χ1n) is 10.6. The highest BCUT2D eigenvalue weighted by Crippen LogP contribution is 2.27. The van der Waals surface area contributed by atoms with Crippen LogP contribution in [0.1, 0.15) is 22.6 Å². The monoisotopic (exact) mass is 417 g/mol. The lowest BCUT2D eigenvalue weighted by Gasteiger charge is -2.18. The van der Waals surface area contributed by atoms with E-state index in [9.17, 15) is 4.79 Å². The van der Waals surface area contributed by atoms with Crippen molar-refractivity contribution in [1.82, 2.24) is 9.38 Å². The topological polar surface area (TPSA) is 46.4 Å². The van der Waals surface area contributed by atoms with Gasteiger partial charge in [0.25, 0.3) is 0 Å². The normalized spacial score (nSPS) is 11.1. The highest BCUT2D eigenvalue weighted by molar-refractivity contribution is 5.98. The Labute approximate surface area is 187 Å². The number of amides is 1. The molecule has 3 aromatic carbocycles. The van der Waals surface area contributed by atoms with Crippen molar-refractivity contribution < 1.29 is 4.79 Å². The van der Waals surface area contributed by atoms with E-state index in [1.165, 1.54) is 0 Å². The van der Waals surface area contributed by atoms with Gasteiger partial charge in [0.15, 0.2) is 0 Å². The Hall–Kier alpha value is -4.18.